The van der Waals surface area contributed by atoms with Crippen molar-refractivity contribution in [1.29, 1.82) is 0 Å². The maximum absolute atomic E-state index is 12.2. The molecular weight excluding hydrogens is 400 g/mol. The van der Waals surface area contributed by atoms with Crippen LogP contribution in [0.25, 0.3) is 11.8 Å². The summed E-state index contributed by atoms with van der Waals surface area (Å²) in [6.07, 6.45) is 3.53. The van der Waals surface area contributed by atoms with Gasteiger partial charge in [-0.3, -0.25) is 0 Å². The summed E-state index contributed by atoms with van der Waals surface area (Å²) in [6, 6.07) is 22.4. The molecule has 0 fully saturated rings. The third kappa shape index (κ3) is 4.56. The van der Waals surface area contributed by atoms with Crippen molar-refractivity contribution in [3.8, 4) is 11.5 Å². The number of hydrogen-bond donors (Lipinski definition) is 0. The predicted octanol–water partition coefficient (Wildman–Crippen LogP) is 5.91. The molecule has 0 aromatic heterocycles. The van der Waals surface area contributed by atoms with Gasteiger partial charge in [-0.05, 0) is 60.2 Å². The lowest BCUT2D eigenvalue weighted by Gasteiger charge is -2.08. The molecule has 0 atom stereocenters. The Balaban J connectivity index is 1.45. The molecular formula is C25H19ClO4. The van der Waals surface area contributed by atoms with Gasteiger partial charge in [0, 0.05) is 16.1 Å². The molecule has 0 unspecified atom stereocenters. The number of esters is 1. The minimum Gasteiger partial charge on any atom is -0.497 e. The van der Waals surface area contributed by atoms with E-state index in [2.05, 4.69) is 0 Å². The van der Waals surface area contributed by atoms with Crippen molar-refractivity contribution >= 4 is 29.4 Å². The maximum Gasteiger partial charge on any atom is 0.343 e. The first-order valence-electron chi connectivity index (χ1n) is 9.38. The zero-order valence-corrected chi connectivity index (χ0v) is 17.1. The molecule has 150 valence electrons. The Labute approximate surface area is 180 Å². The molecule has 0 radical (unpaired) electrons. The molecule has 30 heavy (non-hydrogen) atoms. The fraction of sp³-hybridized carbons (Fsp3) is 0.0800. The molecule has 1 aliphatic heterocycles. The van der Waals surface area contributed by atoms with Gasteiger partial charge >= 0.3 is 5.97 Å². The van der Waals surface area contributed by atoms with E-state index in [4.69, 9.17) is 25.8 Å². The van der Waals surface area contributed by atoms with Crippen LogP contribution < -0.4 is 9.47 Å². The van der Waals surface area contributed by atoms with E-state index in [1.165, 1.54) is 0 Å². The van der Waals surface area contributed by atoms with Gasteiger partial charge in [0.25, 0.3) is 0 Å². The second-order valence-corrected chi connectivity index (χ2v) is 7.08. The van der Waals surface area contributed by atoms with Crippen molar-refractivity contribution in [2.24, 2.45) is 0 Å². The normalized spacial score (nSPS) is 14.4. The zero-order chi connectivity index (χ0) is 20.9. The monoisotopic (exact) mass is 418 g/mol. The summed E-state index contributed by atoms with van der Waals surface area (Å²) in [6.45, 7) is 0.389. The molecule has 0 bridgehead atoms. The average Bonchev–Trinajstić information content (AvgIpc) is 3.14. The predicted molar refractivity (Wildman–Crippen MR) is 117 cm³/mol. The van der Waals surface area contributed by atoms with Crippen LogP contribution in [0.2, 0.25) is 5.02 Å². The first-order valence-corrected chi connectivity index (χ1v) is 9.76. The molecule has 4 nitrogen and oxygen atoms in total. The second-order valence-electron chi connectivity index (χ2n) is 6.68. The summed E-state index contributed by atoms with van der Waals surface area (Å²) in [5.41, 5.74) is 3.11. The van der Waals surface area contributed by atoms with E-state index in [9.17, 15) is 4.79 Å². The molecule has 3 aromatic rings. The topological polar surface area (TPSA) is 44.8 Å². The first-order chi connectivity index (χ1) is 14.6. The summed E-state index contributed by atoms with van der Waals surface area (Å²) >= 11 is 6.15. The van der Waals surface area contributed by atoms with E-state index in [0.29, 0.717) is 23.0 Å². The van der Waals surface area contributed by atoms with Crippen LogP contribution in [-0.4, -0.2) is 13.1 Å². The van der Waals surface area contributed by atoms with Gasteiger partial charge in [-0.1, -0.05) is 41.9 Å². The molecule has 0 spiro atoms. The summed E-state index contributed by atoms with van der Waals surface area (Å²) in [4.78, 5) is 12.2. The van der Waals surface area contributed by atoms with E-state index >= 15 is 0 Å². The smallest absolute Gasteiger partial charge is 0.343 e. The number of hydrogen-bond acceptors (Lipinski definition) is 4. The van der Waals surface area contributed by atoms with Crippen LogP contribution >= 0.6 is 11.6 Å². The lowest BCUT2D eigenvalue weighted by molar-refractivity contribution is -0.130. The number of carbonyl (C=O) groups excluding carboxylic acids is 1. The van der Waals surface area contributed by atoms with Gasteiger partial charge in [0.1, 0.15) is 23.9 Å². The standard InChI is InChI=1S/C25H19ClO4/c1-28-21-12-8-18(9-13-21)24-15-20(25(27)30-24)14-17-6-10-22(11-7-17)29-16-19-4-2-3-5-23(19)26/h2-15H,16H2,1H3/b20-14-. The molecule has 0 amide bonds. The maximum atomic E-state index is 12.2. The molecule has 3 aromatic carbocycles. The lowest BCUT2D eigenvalue weighted by Crippen LogP contribution is -1.97. The SMILES string of the molecule is COc1ccc(C2=C/C(=C/c3ccc(OCc4ccccc4Cl)cc3)C(=O)O2)cc1. The number of halogens is 1. The Hall–Kier alpha value is -3.50. The highest BCUT2D eigenvalue weighted by Gasteiger charge is 2.22. The Bertz CT molecular complexity index is 1110. The van der Waals surface area contributed by atoms with Crippen LogP contribution in [0.3, 0.4) is 0 Å². The Morgan fingerprint density at radius 2 is 1.63 bits per heavy atom. The number of benzene rings is 3. The van der Waals surface area contributed by atoms with Crippen molar-refractivity contribution in [2.75, 3.05) is 7.11 Å². The number of carbonyl (C=O) groups is 1. The highest BCUT2D eigenvalue weighted by molar-refractivity contribution is 6.31. The van der Waals surface area contributed by atoms with Gasteiger partial charge in [0.2, 0.25) is 0 Å². The molecule has 0 aliphatic carbocycles. The summed E-state index contributed by atoms with van der Waals surface area (Å²) in [5, 5.41) is 0.679. The van der Waals surface area contributed by atoms with Crippen molar-refractivity contribution in [1.82, 2.24) is 0 Å². The summed E-state index contributed by atoms with van der Waals surface area (Å²) in [7, 11) is 1.61. The quantitative estimate of drug-likeness (QED) is 0.369. The largest absolute Gasteiger partial charge is 0.497 e. The van der Waals surface area contributed by atoms with Crippen molar-refractivity contribution in [3.63, 3.8) is 0 Å². The van der Waals surface area contributed by atoms with Gasteiger partial charge in [0.15, 0.2) is 0 Å². The highest BCUT2D eigenvalue weighted by Crippen LogP contribution is 2.29. The third-order valence-electron chi connectivity index (χ3n) is 4.65. The minimum atomic E-state index is -0.375. The number of ether oxygens (including phenoxy) is 3. The second kappa shape index (κ2) is 8.89. The van der Waals surface area contributed by atoms with Gasteiger partial charge < -0.3 is 14.2 Å². The Kier molecular flexibility index (Phi) is 5.87. The fourth-order valence-electron chi connectivity index (χ4n) is 3.00. The van der Waals surface area contributed by atoms with Crippen LogP contribution in [-0.2, 0) is 16.1 Å². The third-order valence-corrected chi connectivity index (χ3v) is 5.02. The molecule has 1 aliphatic rings. The summed E-state index contributed by atoms with van der Waals surface area (Å²) < 4.78 is 16.4. The first kappa shape index (κ1) is 19.8. The van der Waals surface area contributed by atoms with Crippen molar-refractivity contribution in [3.05, 3.63) is 106 Å². The van der Waals surface area contributed by atoms with Gasteiger partial charge in [-0.15, -0.1) is 0 Å². The van der Waals surface area contributed by atoms with Crippen LogP contribution in [0.5, 0.6) is 11.5 Å². The van der Waals surface area contributed by atoms with E-state index in [-0.39, 0.29) is 5.97 Å². The molecule has 4 rings (SSSR count). The fourth-order valence-corrected chi connectivity index (χ4v) is 3.19. The van der Waals surface area contributed by atoms with E-state index in [1.807, 2.05) is 72.8 Å². The van der Waals surface area contributed by atoms with Gasteiger partial charge in [0.05, 0.1) is 12.7 Å². The van der Waals surface area contributed by atoms with Crippen molar-refractivity contribution in [2.45, 2.75) is 6.61 Å². The zero-order valence-electron chi connectivity index (χ0n) is 16.3. The van der Waals surface area contributed by atoms with Crippen LogP contribution in [0.15, 0.2) is 84.4 Å². The van der Waals surface area contributed by atoms with Crippen molar-refractivity contribution < 1.29 is 19.0 Å². The number of methoxy groups -OCH3 is 1. The average molecular weight is 419 g/mol. The summed E-state index contributed by atoms with van der Waals surface area (Å²) in [5.74, 6) is 1.62. The molecule has 0 saturated carbocycles. The lowest BCUT2D eigenvalue weighted by atomic mass is 10.1. The van der Waals surface area contributed by atoms with E-state index in [1.54, 1.807) is 19.3 Å². The molecule has 0 saturated heterocycles. The molecule has 0 N–H and O–H groups in total. The molecule has 1 heterocycles. The number of cyclic esters (lactones) is 1. The highest BCUT2D eigenvalue weighted by atomic mass is 35.5. The number of rotatable bonds is 6. The van der Waals surface area contributed by atoms with E-state index in [0.717, 1.165) is 28.2 Å². The Morgan fingerprint density at radius 1 is 0.933 bits per heavy atom. The van der Waals surface area contributed by atoms with Gasteiger partial charge in [-0.25, -0.2) is 4.79 Å². The van der Waals surface area contributed by atoms with Crippen LogP contribution in [0.1, 0.15) is 16.7 Å². The molecule has 5 heteroatoms. The van der Waals surface area contributed by atoms with E-state index < -0.39 is 0 Å². The van der Waals surface area contributed by atoms with Gasteiger partial charge in [-0.2, -0.15) is 0 Å². The Morgan fingerprint density at radius 3 is 2.33 bits per heavy atom. The minimum absolute atomic E-state index is 0.375. The van der Waals surface area contributed by atoms with Crippen LogP contribution in [0, 0.1) is 0 Å². The van der Waals surface area contributed by atoms with Crippen LogP contribution in [0.4, 0.5) is 0 Å².